The molecule has 4 nitrogen and oxygen atoms in total. The van der Waals surface area contributed by atoms with E-state index in [1.807, 2.05) is 7.05 Å². The average Bonchev–Trinajstić information content (AvgIpc) is 2.48. The van der Waals surface area contributed by atoms with Crippen LogP contribution in [0.15, 0.2) is 12.2 Å². The summed E-state index contributed by atoms with van der Waals surface area (Å²) in [5, 5.41) is 3.05. The van der Waals surface area contributed by atoms with Crippen LogP contribution >= 0.6 is 0 Å². The van der Waals surface area contributed by atoms with Gasteiger partial charge >= 0.3 is 0 Å². The smallest absolute Gasteiger partial charge is 0.253 e. The van der Waals surface area contributed by atoms with Crippen molar-refractivity contribution < 1.29 is 9.59 Å². The van der Waals surface area contributed by atoms with Gasteiger partial charge in [-0.05, 0) is 26.4 Å². The molecule has 0 aromatic rings. The maximum Gasteiger partial charge on any atom is 0.253 e. The number of unbranched alkanes of at least 4 members (excludes halogenated alkanes) is 2. The molecule has 0 aromatic heterocycles. The van der Waals surface area contributed by atoms with Gasteiger partial charge in [-0.1, -0.05) is 6.42 Å². The first-order chi connectivity index (χ1) is 6.75. The molecule has 4 heteroatoms. The highest BCUT2D eigenvalue weighted by molar-refractivity contribution is 6.12. The molecule has 0 unspecified atom stereocenters. The number of amides is 2. The number of nitrogens with zero attached hydrogens (tertiary/aromatic N) is 1. The summed E-state index contributed by atoms with van der Waals surface area (Å²) in [5.41, 5.74) is 0. The molecule has 0 atom stereocenters. The zero-order chi connectivity index (χ0) is 10.4. The second-order valence-electron chi connectivity index (χ2n) is 3.33. The number of rotatable bonds is 6. The van der Waals surface area contributed by atoms with Gasteiger partial charge in [-0.25, -0.2) is 0 Å². The maximum atomic E-state index is 11.1. The molecule has 0 saturated carbocycles. The lowest BCUT2D eigenvalue weighted by molar-refractivity contribution is -0.136. The molecule has 1 aliphatic heterocycles. The highest BCUT2D eigenvalue weighted by Crippen LogP contribution is 2.06. The molecule has 1 heterocycles. The largest absolute Gasteiger partial charge is 0.320 e. The highest BCUT2D eigenvalue weighted by atomic mass is 16.2. The van der Waals surface area contributed by atoms with Gasteiger partial charge in [-0.15, -0.1) is 0 Å². The molecule has 0 fully saturated rings. The van der Waals surface area contributed by atoms with Gasteiger partial charge in [0.15, 0.2) is 0 Å². The SMILES string of the molecule is CNCCCCCN1C(=O)C=CC1=O. The van der Waals surface area contributed by atoms with Gasteiger partial charge in [0, 0.05) is 18.7 Å². The molecule has 0 aromatic carbocycles. The van der Waals surface area contributed by atoms with E-state index in [0.29, 0.717) is 6.54 Å². The van der Waals surface area contributed by atoms with Crippen LogP contribution < -0.4 is 5.32 Å². The Morgan fingerprint density at radius 3 is 2.36 bits per heavy atom. The van der Waals surface area contributed by atoms with Gasteiger partial charge in [-0.3, -0.25) is 14.5 Å². The lowest BCUT2D eigenvalue weighted by atomic mass is 10.2. The summed E-state index contributed by atoms with van der Waals surface area (Å²) in [5.74, 6) is -0.354. The Kier molecular flexibility index (Phi) is 4.32. The van der Waals surface area contributed by atoms with Crippen molar-refractivity contribution in [2.75, 3.05) is 20.1 Å². The summed E-state index contributed by atoms with van der Waals surface area (Å²) in [6, 6.07) is 0. The van der Waals surface area contributed by atoms with Crippen molar-refractivity contribution in [1.82, 2.24) is 10.2 Å². The van der Waals surface area contributed by atoms with Gasteiger partial charge in [0.1, 0.15) is 0 Å². The van der Waals surface area contributed by atoms with Crippen LogP contribution in [0, 0.1) is 0 Å². The molecular formula is C10H16N2O2. The molecule has 1 rings (SSSR count). The van der Waals surface area contributed by atoms with Crippen molar-refractivity contribution in [1.29, 1.82) is 0 Å². The monoisotopic (exact) mass is 196 g/mol. The van der Waals surface area contributed by atoms with Crippen LogP contribution in [0.2, 0.25) is 0 Å². The van der Waals surface area contributed by atoms with E-state index in [1.165, 1.54) is 17.1 Å². The summed E-state index contributed by atoms with van der Waals surface area (Å²) in [6.07, 6.45) is 5.67. The van der Waals surface area contributed by atoms with Crippen molar-refractivity contribution in [2.45, 2.75) is 19.3 Å². The third-order valence-corrected chi connectivity index (χ3v) is 2.21. The minimum atomic E-state index is -0.177. The minimum absolute atomic E-state index is 0.177. The molecule has 0 spiro atoms. The molecule has 14 heavy (non-hydrogen) atoms. The van der Waals surface area contributed by atoms with E-state index in [2.05, 4.69) is 5.32 Å². The standard InChI is InChI=1S/C10H16N2O2/c1-11-7-3-2-4-8-12-9(13)5-6-10(12)14/h5-6,11H,2-4,7-8H2,1H3. The van der Waals surface area contributed by atoms with Crippen molar-refractivity contribution in [3.8, 4) is 0 Å². The quantitative estimate of drug-likeness (QED) is 0.491. The number of carbonyl (C=O) groups is 2. The summed E-state index contributed by atoms with van der Waals surface area (Å²) in [6.45, 7) is 1.54. The Labute approximate surface area is 84.0 Å². The third-order valence-electron chi connectivity index (χ3n) is 2.21. The predicted octanol–water partition coefficient (Wildman–Crippen LogP) is 0.301. The van der Waals surface area contributed by atoms with Gasteiger partial charge in [-0.2, -0.15) is 0 Å². The summed E-state index contributed by atoms with van der Waals surface area (Å²) < 4.78 is 0. The summed E-state index contributed by atoms with van der Waals surface area (Å²) >= 11 is 0. The first-order valence-electron chi connectivity index (χ1n) is 4.94. The maximum absolute atomic E-state index is 11.1. The van der Waals surface area contributed by atoms with E-state index in [0.717, 1.165) is 25.8 Å². The van der Waals surface area contributed by atoms with Gasteiger partial charge in [0.05, 0.1) is 0 Å². The lowest BCUT2D eigenvalue weighted by Crippen LogP contribution is -2.30. The molecule has 0 aliphatic carbocycles. The van der Waals surface area contributed by atoms with Crippen molar-refractivity contribution in [2.24, 2.45) is 0 Å². The van der Waals surface area contributed by atoms with Crippen molar-refractivity contribution in [3.05, 3.63) is 12.2 Å². The van der Waals surface area contributed by atoms with Crippen LogP contribution in [-0.2, 0) is 9.59 Å². The van der Waals surface area contributed by atoms with E-state index in [1.54, 1.807) is 0 Å². The van der Waals surface area contributed by atoms with Crippen LogP contribution in [0.4, 0.5) is 0 Å². The fourth-order valence-corrected chi connectivity index (χ4v) is 1.40. The number of imide groups is 1. The van der Waals surface area contributed by atoms with Crippen LogP contribution in [0.25, 0.3) is 0 Å². The zero-order valence-electron chi connectivity index (χ0n) is 8.45. The van der Waals surface area contributed by atoms with Crippen LogP contribution in [0.3, 0.4) is 0 Å². The molecule has 1 N–H and O–H groups in total. The van der Waals surface area contributed by atoms with E-state index in [4.69, 9.17) is 0 Å². The fourth-order valence-electron chi connectivity index (χ4n) is 1.40. The second-order valence-corrected chi connectivity index (χ2v) is 3.33. The molecular weight excluding hydrogens is 180 g/mol. The molecule has 78 valence electrons. The average molecular weight is 196 g/mol. The minimum Gasteiger partial charge on any atom is -0.320 e. The van der Waals surface area contributed by atoms with Gasteiger partial charge in [0.2, 0.25) is 0 Å². The normalized spacial score (nSPS) is 15.6. The van der Waals surface area contributed by atoms with Gasteiger partial charge < -0.3 is 5.32 Å². The Morgan fingerprint density at radius 2 is 1.79 bits per heavy atom. The topological polar surface area (TPSA) is 49.4 Å². The molecule has 0 radical (unpaired) electrons. The number of hydrogen-bond acceptors (Lipinski definition) is 3. The van der Waals surface area contributed by atoms with Crippen molar-refractivity contribution in [3.63, 3.8) is 0 Å². The Hall–Kier alpha value is -1.16. The first-order valence-corrected chi connectivity index (χ1v) is 4.94. The Balaban J connectivity index is 2.13. The van der Waals surface area contributed by atoms with Crippen LogP contribution in [0.5, 0.6) is 0 Å². The molecule has 0 saturated heterocycles. The number of nitrogens with one attached hydrogen (secondary N) is 1. The Morgan fingerprint density at radius 1 is 1.14 bits per heavy atom. The fraction of sp³-hybridized carbons (Fsp3) is 0.600. The predicted molar refractivity (Wildman–Crippen MR) is 53.6 cm³/mol. The first kappa shape index (κ1) is 10.9. The van der Waals surface area contributed by atoms with E-state index < -0.39 is 0 Å². The Bertz CT molecular complexity index is 231. The number of carbonyl (C=O) groups excluding carboxylic acids is 2. The lowest BCUT2D eigenvalue weighted by Gasteiger charge is -2.12. The van der Waals surface area contributed by atoms with E-state index >= 15 is 0 Å². The van der Waals surface area contributed by atoms with Gasteiger partial charge in [0.25, 0.3) is 11.8 Å². The highest BCUT2D eigenvalue weighted by Gasteiger charge is 2.21. The van der Waals surface area contributed by atoms with Crippen LogP contribution in [-0.4, -0.2) is 36.9 Å². The number of hydrogen-bond donors (Lipinski definition) is 1. The summed E-state index contributed by atoms with van der Waals surface area (Å²) in [4.78, 5) is 23.5. The molecule has 0 bridgehead atoms. The van der Waals surface area contributed by atoms with Crippen LogP contribution in [0.1, 0.15) is 19.3 Å². The van der Waals surface area contributed by atoms with E-state index in [9.17, 15) is 9.59 Å². The summed E-state index contributed by atoms with van der Waals surface area (Å²) in [7, 11) is 1.91. The van der Waals surface area contributed by atoms with E-state index in [-0.39, 0.29) is 11.8 Å². The third kappa shape index (κ3) is 2.96. The van der Waals surface area contributed by atoms with Crippen molar-refractivity contribution >= 4 is 11.8 Å². The molecule has 1 aliphatic rings. The zero-order valence-corrected chi connectivity index (χ0v) is 8.45. The second kappa shape index (κ2) is 5.54. The molecule has 2 amide bonds.